The van der Waals surface area contributed by atoms with Gasteiger partial charge in [0.25, 0.3) is 0 Å². The van der Waals surface area contributed by atoms with Crippen LogP contribution in [0.1, 0.15) is 12.5 Å². The average molecular weight is 325 g/mol. The molecule has 3 aromatic rings. The van der Waals surface area contributed by atoms with E-state index in [0.29, 0.717) is 6.61 Å². The summed E-state index contributed by atoms with van der Waals surface area (Å²) in [5.41, 5.74) is 3.37. The van der Waals surface area contributed by atoms with Crippen molar-refractivity contribution in [3.63, 3.8) is 0 Å². The van der Waals surface area contributed by atoms with Gasteiger partial charge < -0.3 is 19.6 Å². The van der Waals surface area contributed by atoms with Gasteiger partial charge in [0.1, 0.15) is 11.5 Å². The zero-order valence-electron chi connectivity index (χ0n) is 13.6. The van der Waals surface area contributed by atoms with Crippen molar-refractivity contribution in [3.8, 4) is 22.8 Å². The molecule has 0 saturated heterocycles. The Hall–Kier alpha value is -2.95. The van der Waals surface area contributed by atoms with Gasteiger partial charge in [-0.1, -0.05) is 0 Å². The molecule has 0 fully saturated rings. The van der Waals surface area contributed by atoms with E-state index in [1.165, 1.54) is 0 Å². The molecular weight excluding hydrogens is 306 g/mol. The van der Waals surface area contributed by atoms with Crippen LogP contribution in [0.5, 0.6) is 11.5 Å². The maximum absolute atomic E-state index is 11.3. The van der Waals surface area contributed by atoms with Crippen LogP contribution < -0.4 is 9.47 Å². The molecule has 5 nitrogen and oxygen atoms in total. The minimum absolute atomic E-state index is 0.0586. The Kier molecular flexibility index (Phi) is 4.42. The number of benzene rings is 2. The Balaban J connectivity index is 2.15. The monoisotopic (exact) mass is 325 g/mol. The number of rotatable bonds is 6. The van der Waals surface area contributed by atoms with E-state index in [9.17, 15) is 9.90 Å². The van der Waals surface area contributed by atoms with Gasteiger partial charge in [0.05, 0.1) is 25.8 Å². The lowest BCUT2D eigenvalue weighted by atomic mass is 10.0. The van der Waals surface area contributed by atoms with Crippen LogP contribution in [0.25, 0.3) is 22.2 Å². The summed E-state index contributed by atoms with van der Waals surface area (Å²) < 4.78 is 10.7. The molecule has 0 aliphatic carbocycles. The topological polar surface area (TPSA) is 71.5 Å². The number of aliphatic carboxylic acids is 1. The van der Waals surface area contributed by atoms with Gasteiger partial charge in [0.2, 0.25) is 0 Å². The molecular formula is C19H19NO4. The molecule has 1 aromatic heterocycles. The predicted molar refractivity (Wildman–Crippen MR) is 92.8 cm³/mol. The van der Waals surface area contributed by atoms with Crippen molar-refractivity contribution >= 4 is 16.9 Å². The number of carbonyl (C=O) groups is 1. The number of nitrogens with one attached hydrogen (secondary N) is 1. The lowest BCUT2D eigenvalue weighted by molar-refractivity contribution is -0.136. The van der Waals surface area contributed by atoms with Gasteiger partial charge in [-0.3, -0.25) is 4.79 Å². The van der Waals surface area contributed by atoms with Crippen LogP contribution in [0, 0.1) is 0 Å². The first-order chi connectivity index (χ1) is 11.6. The molecule has 24 heavy (non-hydrogen) atoms. The fraction of sp³-hybridized carbons (Fsp3) is 0.211. The van der Waals surface area contributed by atoms with E-state index in [-0.39, 0.29) is 6.42 Å². The average Bonchev–Trinajstić information content (AvgIpc) is 2.93. The number of aromatic amines is 1. The number of hydrogen-bond acceptors (Lipinski definition) is 3. The number of methoxy groups -OCH3 is 1. The van der Waals surface area contributed by atoms with Crippen LogP contribution in [-0.2, 0) is 11.2 Å². The van der Waals surface area contributed by atoms with E-state index in [2.05, 4.69) is 4.98 Å². The van der Waals surface area contributed by atoms with E-state index in [0.717, 1.165) is 39.2 Å². The molecule has 0 aliphatic rings. The van der Waals surface area contributed by atoms with Gasteiger partial charge in [-0.25, -0.2) is 0 Å². The molecule has 5 heteroatoms. The highest BCUT2D eigenvalue weighted by Gasteiger charge is 2.16. The molecule has 0 spiro atoms. The predicted octanol–water partition coefficient (Wildman–Crippen LogP) is 3.87. The standard InChI is InChI=1S/C19H19NO4/c1-3-24-14-8-9-17-15(10-14)16(11-18(21)22)19(20-17)12-4-6-13(23-2)7-5-12/h4-10,20H,3,11H2,1-2H3,(H,21,22). The second kappa shape index (κ2) is 6.66. The number of hydrogen-bond donors (Lipinski definition) is 2. The number of carboxylic acid groups (broad SMARTS) is 1. The summed E-state index contributed by atoms with van der Waals surface area (Å²) in [6.07, 6.45) is -0.0586. The van der Waals surface area contributed by atoms with E-state index in [1.54, 1.807) is 7.11 Å². The zero-order valence-corrected chi connectivity index (χ0v) is 13.6. The minimum atomic E-state index is -0.868. The highest BCUT2D eigenvalue weighted by molar-refractivity contribution is 5.94. The normalized spacial score (nSPS) is 10.8. The third-order valence-electron chi connectivity index (χ3n) is 3.90. The third kappa shape index (κ3) is 3.06. The van der Waals surface area contributed by atoms with E-state index < -0.39 is 5.97 Å². The molecule has 0 bridgehead atoms. The Morgan fingerprint density at radius 2 is 1.83 bits per heavy atom. The molecule has 0 atom stereocenters. The highest BCUT2D eigenvalue weighted by Crippen LogP contribution is 2.33. The molecule has 0 saturated carbocycles. The first kappa shape index (κ1) is 15.9. The summed E-state index contributed by atoms with van der Waals surface area (Å²) in [4.78, 5) is 14.7. The van der Waals surface area contributed by atoms with E-state index in [1.807, 2.05) is 49.4 Å². The zero-order chi connectivity index (χ0) is 17.1. The largest absolute Gasteiger partial charge is 0.497 e. The van der Waals surface area contributed by atoms with Gasteiger partial charge >= 0.3 is 5.97 Å². The number of carboxylic acids is 1. The fourth-order valence-corrected chi connectivity index (χ4v) is 2.82. The second-order valence-corrected chi connectivity index (χ2v) is 5.42. The Morgan fingerprint density at radius 1 is 1.12 bits per heavy atom. The molecule has 0 radical (unpaired) electrons. The van der Waals surface area contributed by atoms with E-state index >= 15 is 0 Å². The summed E-state index contributed by atoms with van der Waals surface area (Å²) in [6.45, 7) is 2.48. The van der Waals surface area contributed by atoms with Crippen LogP contribution in [-0.4, -0.2) is 29.8 Å². The van der Waals surface area contributed by atoms with Crippen molar-refractivity contribution in [2.24, 2.45) is 0 Å². The highest BCUT2D eigenvalue weighted by atomic mass is 16.5. The van der Waals surface area contributed by atoms with Crippen LogP contribution in [0.2, 0.25) is 0 Å². The summed E-state index contributed by atoms with van der Waals surface area (Å²) in [5.74, 6) is 0.623. The van der Waals surface area contributed by atoms with Gasteiger partial charge in [-0.05, 0) is 60.5 Å². The Morgan fingerprint density at radius 3 is 2.46 bits per heavy atom. The van der Waals surface area contributed by atoms with Crippen molar-refractivity contribution < 1.29 is 19.4 Å². The van der Waals surface area contributed by atoms with Crippen LogP contribution in [0.4, 0.5) is 0 Å². The number of fused-ring (bicyclic) bond motifs is 1. The quantitative estimate of drug-likeness (QED) is 0.722. The molecule has 0 unspecified atom stereocenters. The van der Waals surface area contributed by atoms with Crippen molar-refractivity contribution in [2.45, 2.75) is 13.3 Å². The number of ether oxygens (including phenoxy) is 2. The first-order valence-corrected chi connectivity index (χ1v) is 7.76. The summed E-state index contributed by atoms with van der Waals surface area (Å²) >= 11 is 0. The maximum Gasteiger partial charge on any atom is 0.307 e. The summed E-state index contributed by atoms with van der Waals surface area (Å²) in [5, 5.41) is 10.2. The molecule has 124 valence electrons. The van der Waals surface area contributed by atoms with Crippen LogP contribution in [0.15, 0.2) is 42.5 Å². The van der Waals surface area contributed by atoms with Crippen molar-refractivity contribution in [2.75, 3.05) is 13.7 Å². The summed E-state index contributed by atoms with van der Waals surface area (Å²) in [6, 6.07) is 13.2. The smallest absolute Gasteiger partial charge is 0.307 e. The molecule has 2 N–H and O–H groups in total. The lowest BCUT2D eigenvalue weighted by Crippen LogP contribution is -2.01. The Bertz CT molecular complexity index is 865. The first-order valence-electron chi connectivity index (χ1n) is 7.76. The van der Waals surface area contributed by atoms with Crippen molar-refractivity contribution in [3.05, 3.63) is 48.0 Å². The van der Waals surface area contributed by atoms with E-state index in [4.69, 9.17) is 9.47 Å². The van der Waals surface area contributed by atoms with Gasteiger partial charge in [0.15, 0.2) is 0 Å². The van der Waals surface area contributed by atoms with Gasteiger partial charge in [0, 0.05) is 10.9 Å². The lowest BCUT2D eigenvalue weighted by Gasteiger charge is -2.05. The third-order valence-corrected chi connectivity index (χ3v) is 3.90. The van der Waals surface area contributed by atoms with Gasteiger partial charge in [-0.2, -0.15) is 0 Å². The maximum atomic E-state index is 11.3. The van der Waals surface area contributed by atoms with Gasteiger partial charge in [-0.15, -0.1) is 0 Å². The van der Waals surface area contributed by atoms with Crippen LogP contribution >= 0.6 is 0 Å². The molecule has 0 aliphatic heterocycles. The molecule has 3 rings (SSSR count). The molecule has 2 aromatic carbocycles. The SMILES string of the molecule is CCOc1ccc2[nH]c(-c3ccc(OC)cc3)c(CC(=O)O)c2c1. The fourth-order valence-electron chi connectivity index (χ4n) is 2.82. The summed E-state index contributed by atoms with van der Waals surface area (Å²) in [7, 11) is 1.61. The Labute approximate surface area is 139 Å². The minimum Gasteiger partial charge on any atom is -0.497 e. The number of H-pyrrole nitrogens is 1. The number of aromatic nitrogens is 1. The van der Waals surface area contributed by atoms with Crippen molar-refractivity contribution in [1.82, 2.24) is 4.98 Å². The molecule has 1 heterocycles. The second-order valence-electron chi connectivity index (χ2n) is 5.42. The van der Waals surface area contributed by atoms with Crippen molar-refractivity contribution in [1.29, 1.82) is 0 Å². The van der Waals surface area contributed by atoms with Crippen LogP contribution in [0.3, 0.4) is 0 Å². The molecule has 0 amide bonds.